The van der Waals surface area contributed by atoms with Crippen molar-refractivity contribution in [3.05, 3.63) is 41.5 Å². The van der Waals surface area contributed by atoms with E-state index in [0.29, 0.717) is 11.8 Å². The maximum Gasteiger partial charge on any atom is 0.332 e. The van der Waals surface area contributed by atoms with Crippen LogP contribution in [0.5, 0.6) is 0 Å². The van der Waals surface area contributed by atoms with Gasteiger partial charge in [-0.1, -0.05) is 43.2 Å². The number of carbonyl (C=O) groups excluding carboxylic acids is 1. The second-order valence-corrected chi connectivity index (χ2v) is 7.09. The van der Waals surface area contributed by atoms with E-state index in [9.17, 15) is 14.7 Å². The normalized spacial score (nSPS) is 25.2. The first kappa shape index (κ1) is 16.7. The Hall–Kier alpha value is -2.10. The maximum atomic E-state index is 12.8. The van der Waals surface area contributed by atoms with Gasteiger partial charge in [0.15, 0.2) is 0 Å². The Bertz CT molecular complexity index is 624. The van der Waals surface area contributed by atoms with Crippen LogP contribution in [-0.2, 0) is 9.59 Å². The molecular formula is C20H25NO3. The van der Waals surface area contributed by atoms with Crippen LogP contribution in [0.2, 0.25) is 0 Å². The molecule has 1 aromatic carbocycles. The number of fused-ring (bicyclic) bond motifs is 1. The average molecular weight is 327 g/mol. The second kappa shape index (κ2) is 7.20. The van der Waals surface area contributed by atoms with Gasteiger partial charge in [0.05, 0.1) is 5.92 Å². The summed E-state index contributed by atoms with van der Waals surface area (Å²) in [5.74, 6) is -0.462. The Kier molecular flexibility index (Phi) is 5.03. The zero-order valence-corrected chi connectivity index (χ0v) is 14.1. The van der Waals surface area contributed by atoms with Gasteiger partial charge < -0.3 is 10.0 Å². The minimum atomic E-state index is -1.02. The molecule has 128 valence electrons. The zero-order chi connectivity index (χ0) is 17.1. The molecule has 1 unspecified atom stereocenters. The molecule has 3 rings (SSSR count). The van der Waals surface area contributed by atoms with Gasteiger partial charge >= 0.3 is 5.97 Å². The van der Waals surface area contributed by atoms with Crippen molar-refractivity contribution in [2.24, 2.45) is 17.8 Å². The lowest BCUT2D eigenvalue weighted by Crippen LogP contribution is -2.35. The van der Waals surface area contributed by atoms with Crippen LogP contribution in [0.4, 0.5) is 0 Å². The first-order valence-corrected chi connectivity index (χ1v) is 8.85. The van der Waals surface area contributed by atoms with Crippen LogP contribution in [0.3, 0.4) is 0 Å². The number of nitrogens with zero attached hydrogens (tertiary/aromatic N) is 1. The molecule has 2 fully saturated rings. The highest BCUT2D eigenvalue weighted by atomic mass is 16.4. The monoisotopic (exact) mass is 327 g/mol. The van der Waals surface area contributed by atoms with Gasteiger partial charge in [0.25, 0.3) is 0 Å². The van der Waals surface area contributed by atoms with E-state index in [4.69, 9.17) is 0 Å². The number of benzene rings is 1. The number of hydrogen-bond donors (Lipinski definition) is 1. The van der Waals surface area contributed by atoms with Crippen LogP contribution < -0.4 is 0 Å². The summed E-state index contributed by atoms with van der Waals surface area (Å²) >= 11 is 0. The Labute approximate surface area is 143 Å². The molecular weight excluding hydrogens is 302 g/mol. The van der Waals surface area contributed by atoms with E-state index in [2.05, 4.69) is 0 Å². The standard InChI is InChI=1S/C20H25NO3/c1-14(18(20(23)24)11-15-7-3-2-4-8-15)19(22)21-12-16-9-5-6-10-17(16)13-21/h2-4,7-8,11,14,16-17H,5-6,9-10,12-13H2,1H3,(H,23,24)/t14?,16-,17+. The summed E-state index contributed by atoms with van der Waals surface area (Å²) in [4.78, 5) is 26.4. The van der Waals surface area contributed by atoms with E-state index in [0.717, 1.165) is 18.7 Å². The third kappa shape index (κ3) is 3.53. The summed E-state index contributed by atoms with van der Waals surface area (Å²) in [6, 6.07) is 9.32. The van der Waals surface area contributed by atoms with Gasteiger partial charge in [-0.25, -0.2) is 4.79 Å². The number of likely N-dealkylation sites (tertiary alicyclic amines) is 1. The zero-order valence-electron chi connectivity index (χ0n) is 14.1. The van der Waals surface area contributed by atoms with Crippen molar-refractivity contribution in [1.29, 1.82) is 0 Å². The first-order valence-electron chi connectivity index (χ1n) is 8.85. The highest BCUT2D eigenvalue weighted by Gasteiger charge is 2.38. The van der Waals surface area contributed by atoms with Crippen LogP contribution in [0.25, 0.3) is 6.08 Å². The van der Waals surface area contributed by atoms with Crippen molar-refractivity contribution in [1.82, 2.24) is 4.90 Å². The van der Waals surface area contributed by atoms with Gasteiger partial charge in [-0.3, -0.25) is 4.79 Å². The van der Waals surface area contributed by atoms with Gasteiger partial charge in [-0.2, -0.15) is 0 Å². The summed E-state index contributed by atoms with van der Waals surface area (Å²) in [5, 5.41) is 9.56. The Morgan fingerprint density at radius 3 is 2.25 bits per heavy atom. The lowest BCUT2D eigenvalue weighted by Gasteiger charge is -2.22. The Morgan fingerprint density at radius 1 is 1.12 bits per heavy atom. The minimum absolute atomic E-state index is 0.0472. The van der Waals surface area contributed by atoms with Crippen LogP contribution in [0.1, 0.15) is 38.2 Å². The largest absolute Gasteiger partial charge is 0.478 e. The van der Waals surface area contributed by atoms with Gasteiger partial charge in [0, 0.05) is 18.7 Å². The van der Waals surface area contributed by atoms with Gasteiger partial charge in [-0.15, -0.1) is 0 Å². The van der Waals surface area contributed by atoms with Crippen molar-refractivity contribution in [3.8, 4) is 0 Å². The third-order valence-corrected chi connectivity index (χ3v) is 5.49. The second-order valence-electron chi connectivity index (χ2n) is 7.09. The van der Waals surface area contributed by atoms with Crippen molar-refractivity contribution in [3.63, 3.8) is 0 Å². The molecule has 1 aliphatic carbocycles. The molecule has 1 saturated heterocycles. The fraction of sp³-hybridized carbons (Fsp3) is 0.500. The Balaban J connectivity index is 1.75. The van der Waals surface area contributed by atoms with Gasteiger partial charge in [0.2, 0.25) is 5.91 Å². The predicted octanol–water partition coefficient (Wildman–Crippen LogP) is 3.44. The van der Waals surface area contributed by atoms with Gasteiger partial charge in [-0.05, 0) is 43.2 Å². The van der Waals surface area contributed by atoms with Crippen molar-refractivity contribution >= 4 is 18.0 Å². The molecule has 0 spiro atoms. The predicted molar refractivity (Wildman–Crippen MR) is 93.2 cm³/mol. The molecule has 1 aliphatic heterocycles. The number of rotatable bonds is 4. The summed E-state index contributed by atoms with van der Waals surface area (Å²) in [7, 11) is 0. The number of hydrogen-bond acceptors (Lipinski definition) is 2. The van der Waals surface area contributed by atoms with Crippen LogP contribution in [-0.4, -0.2) is 35.0 Å². The number of carboxylic acid groups (broad SMARTS) is 1. The Morgan fingerprint density at radius 2 is 1.71 bits per heavy atom. The molecule has 1 aromatic rings. The molecule has 0 aromatic heterocycles. The third-order valence-electron chi connectivity index (χ3n) is 5.49. The molecule has 0 bridgehead atoms. The first-order chi connectivity index (χ1) is 11.6. The highest BCUT2D eigenvalue weighted by molar-refractivity contribution is 5.99. The minimum Gasteiger partial charge on any atom is -0.478 e. The maximum absolute atomic E-state index is 12.8. The average Bonchev–Trinajstić information content (AvgIpc) is 3.03. The molecule has 0 radical (unpaired) electrons. The molecule has 1 N–H and O–H groups in total. The summed E-state index contributed by atoms with van der Waals surface area (Å²) in [5.41, 5.74) is 0.978. The van der Waals surface area contributed by atoms with Crippen molar-refractivity contribution < 1.29 is 14.7 Å². The molecule has 1 heterocycles. The number of carboxylic acids is 1. The van der Waals surface area contributed by atoms with E-state index in [-0.39, 0.29) is 11.5 Å². The summed E-state index contributed by atoms with van der Waals surface area (Å²) < 4.78 is 0. The van der Waals surface area contributed by atoms with E-state index in [1.807, 2.05) is 35.2 Å². The molecule has 24 heavy (non-hydrogen) atoms. The van der Waals surface area contributed by atoms with Crippen LogP contribution in [0.15, 0.2) is 35.9 Å². The smallest absolute Gasteiger partial charge is 0.332 e. The van der Waals surface area contributed by atoms with E-state index in [1.54, 1.807) is 13.0 Å². The fourth-order valence-corrected chi connectivity index (χ4v) is 4.09. The molecule has 1 saturated carbocycles. The molecule has 4 nitrogen and oxygen atoms in total. The topological polar surface area (TPSA) is 57.6 Å². The van der Waals surface area contributed by atoms with Crippen molar-refractivity contribution in [2.75, 3.05) is 13.1 Å². The SMILES string of the molecule is CC(C(=O)N1C[C@H]2CCCC[C@H]2C1)C(=Cc1ccccc1)C(=O)O. The molecule has 1 amide bonds. The molecule has 4 heteroatoms. The van der Waals surface area contributed by atoms with Crippen LogP contribution >= 0.6 is 0 Å². The van der Waals surface area contributed by atoms with Crippen LogP contribution in [0, 0.1) is 17.8 Å². The molecule has 2 aliphatic rings. The fourth-order valence-electron chi connectivity index (χ4n) is 4.09. The van der Waals surface area contributed by atoms with E-state index < -0.39 is 11.9 Å². The molecule has 3 atom stereocenters. The number of carbonyl (C=O) groups is 2. The quantitative estimate of drug-likeness (QED) is 0.862. The van der Waals surface area contributed by atoms with E-state index >= 15 is 0 Å². The summed E-state index contributed by atoms with van der Waals surface area (Å²) in [6.45, 7) is 3.31. The van der Waals surface area contributed by atoms with E-state index in [1.165, 1.54) is 25.7 Å². The van der Waals surface area contributed by atoms with Gasteiger partial charge in [0.1, 0.15) is 0 Å². The summed E-state index contributed by atoms with van der Waals surface area (Å²) in [6.07, 6.45) is 6.54. The van der Waals surface area contributed by atoms with Crippen molar-refractivity contribution in [2.45, 2.75) is 32.6 Å². The lowest BCUT2D eigenvalue weighted by molar-refractivity contribution is -0.138. The number of amides is 1. The number of aliphatic carboxylic acids is 1. The highest BCUT2D eigenvalue weighted by Crippen LogP contribution is 2.37. The lowest BCUT2D eigenvalue weighted by atomic mass is 9.82.